The highest BCUT2D eigenvalue weighted by atomic mass is 15.6. The molecule has 0 aromatic heterocycles. The highest BCUT2D eigenvalue weighted by Gasteiger charge is 2.19. The molecule has 2 atom stereocenters. The Labute approximate surface area is 50.0 Å². The highest BCUT2D eigenvalue weighted by molar-refractivity contribution is 4.69. The molecule has 0 radical (unpaired) electrons. The van der Waals surface area contributed by atoms with Crippen molar-refractivity contribution in [3.05, 3.63) is 0 Å². The molecule has 1 heterocycles. The fraction of sp³-hybridized carbons (Fsp3) is 1.00. The Kier molecular flexibility index (Phi) is 1.51. The van der Waals surface area contributed by atoms with E-state index in [-0.39, 0.29) is 0 Å². The van der Waals surface area contributed by atoms with E-state index in [2.05, 4.69) is 29.6 Å². The second-order valence-electron chi connectivity index (χ2n) is 2.30. The van der Waals surface area contributed by atoms with Crippen LogP contribution in [0.25, 0.3) is 0 Å². The van der Waals surface area contributed by atoms with Gasteiger partial charge in [-0.25, -0.2) is 10.4 Å². The van der Waals surface area contributed by atoms with E-state index < -0.39 is 0 Å². The fourth-order valence-corrected chi connectivity index (χ4v) is 0.928. The Morgan fingerprint density at radius 3 is 2.12 bits per heavy atom. The van der Waals surface area contributed by atoms with Crippen molar-refractivity contribution >= 4 is 0 Å². The molecule has 2 unspecified atom stereocenters. The quantitative estimate of drug-likeness (QED) is 0.454. The third kappa shape index (κ3) is 0.992. The number of nitrogens with zero attached hydrogens (tertiary/aromatic N) is 1. The molecule has 1 aliphatic heterocycles. The van der Waals surface area contributed by atoms with Crippen LogP contribution in [0.3, 0.4) is 0 Å². The lowest BCUT2D eigenvalue weighted by Gasteiger charge is -2.11. The van der Waals surface area contributed by atoms with Crippen LogP contribution < -0.4 is 10.7 Å². The maximum absolute atomic E-state index is 3.28. The molecule has 0 spiro atoms. The van der Waals surface area contributed by atoms with Crippen molar-refractivity contribution in [3.63, 3.8) is 0 Å². The molecule has 1 aliphatic rings. The van der Waals surface area contributed by atoms with Gasteiger partial charge < -0.3 is 0 Å². The van der Waals surface area contributed by atoms with Crippen molar-refractivity contribution < 1.29 is 0 Å². The topological polar surface area (TPSA) is 27.3 Å². The summed E-state index contributed by atoms with van der Waals surface area (Å²) in [7, 11) is 2.03. The van der Waals surface area contributed by atoms with Crippen LogP contribution in [0.15, 0.2) is 0 Å². The Morgan fingerprint density at radius 2 is 2.00 bits per heavy atom. The van der Waals surface area contributed by atoms with Crippen LogP contribution in [-0.4, -0.2) is 24.4 Å². The summed E-state index contributed by atoms with van der Waals surface area (Å²) < 4.78 is 0. The van der Waals surface area contributed by atoms with Gasteiger partial charge in [0, 0.05) is 7.05 Å². The van der Waals surface area contributed by atoms with E-state index in [1.54, 1.807) is 0 Å². The van der Waals surface area contributed by atoms with Crippen LogP contribution in [0.2, 0.25) is 0 Å². The summed E-state index contributed by atoms with van der Waals surface area (Å²) in [4.78, 5) is 0. The molecule has 0 aliphatic carbocycles. The van der Waals surface area contributed by atoms with Gasteiger partial charge in [-0.05, 0) is 13.8 Å². The molecule has 0 bridgehead atoms. The van der Waals surface area contributed by atoms with Gasteiger partial charge in [-0.1, -0.05) is 0 Å². The predicted octanol–water partition coefficient (Wildman–Crippen LogP) is -0.282. The minimum Gasteiger partial charge on any atom is -0.285 e. The molecule has 0 aromatic rings. The van der Waals surface area contributed by atoms with Crippen LogP contribution in [0.4, 0.5) is 0 Å². The number of rotatable bonds is 0. The van der Waals surface area contributed by atoms with Gasteiger partial charge in [0.25, 0.3) is 0 Å². The third-order valence-electron chi connectivity index (χ3n) is 1.47. The maximum atomic E-state index is 3.28. The molecule has 1 rings (SSSR count). The van der Waals surface area contributed by atoms with E-state index in [1.807, 2.05) is 7.05 Å². The predicted molar refractivity (Wildman–Crippen MR) is 33.0 cm³/mol. The van der Waals surface area contributed by atoms with E-state index in [1.165, 1.54) is 0 Å². The van der Waals surface area contributed by atoms with Gasteiger partial charge in [-0.2, -0.15) is 0 Å². The monoisotopic (exact) mass is 115 g/mol. The molecule has 3 nitrogen and oxygen atoms in total. The molecule has 3 heteroatoms. The Balaban J connectivity index is 2.39. The Hall–Kier alpha value is -0.120. The average Bonchev–Trinajstić information content (AvgIpc) is 1.85. The van der Waals surface area contributed by atoms with Crippen molar-refractivity contribution in [2.24, 2.45) is 0 Å². The molecule has 1 saturated heterocycles. The minimum absolute atomic E-state index is 0.426. The first-order valence-corrected chi connectivity index (χ1v) is 2.95. The summed E-state index contributed by atoms with van der Waals surface area (Å²) in [5.74, 6) is 0. The van der Waals surface area contributed by atoms with Crippen molar-refractivity contribution in [1.29, 1.82) is 0 Å². The smallest absolute Gasteiger partial charge is 0.0713 e. The standard InChI is InChI=1S/C5H13N3/c1-4-6-5(2)8(3)7-4/h4-7H,1-3H3. The summed E-state index contributed by atoms with van der Waals surface area (Å²) in [6.07, 6.45) is 0.889. The van der Waals surface area contributed by atoms with E-state index in [9.17, 15) is 0 Å². The number of hydrazine groups is 1. The summed E-state index contributed by atoms with van der Waals surface area (Å²) in [6.45, 7) is 4.22. The Bertz CT molecular complexity index is 73.7. The van der Waals surface area contributed by atoms with Gasteiger partial charge in [-0.3, -0.25) is 5.32 Å². The van der Waals surface area contributed by atoms with Crippen LogP contribution in [-0.2, 0) is 0 Å². The van der Waals surface area contributed by atoms with Crippen LogP contribution in [0.1, 0.15) is 13.8 Å². The van der Waals surface area contributed by atoms with Crippen LogP contribution in [0, 0.1) is 0 Å². The second kappa shape index (κ2) is 2.01. The number of hydrogen-bond acceptors (Lipinski definition) is 3. The van der Waals surface area contributed by atoms with Crippen molar-refractivity contribution in [2.45, 2.75) is 26.2 Å². The van der Waals surface area contributed by atoms with Gasteiger partial charge in [0.15, 0.2) is 0 Å². The molecular weight excluding hydrogens is 102 g/mol. The SMILES string of the molecule is CC1NC(C)N(C)N1. The normalized spacial score (nSPS) is 40.9. The van der Waals surface area contributed by atoms with Crippen LogP contribution >= 0.6 is 0 Å². The summed E-state index contributed by atoms with van der Waals surface area (Å²) >= 11 is 0. The minimum atomic E-state index is 0.426. The zero-order chi connectivity index (χ0) is 6.15. The summed E-state index contributed by atoms with van der Waals surface area (Å²) in [5, 5.41) is 5.34. The average molecular weight is 115 g/mol. The number of hydrogen-bond donors (Lipinski definition) is 2. The van der Waals surface area contributed by atoms with E-state index in [0.717, 1.165) is 0 Å². The fourth-order valence-electron chi connectivity index (χ4n) is 0.928. The van der Waals surface area contributed by atoms with Gasteiger partial charge in [0.05, 0.1) is 12.3 Å². The zero-order valence-corrected chi connectivity index (χ0v) is 5.60. The first-order valence-electron chi connectivity index (χ1n) is 2.95. The molecule has 48 valence electrons. The second-order valence-corrected chi connectivity index (χ2v) is 2.30. The first kappa shape index (κ1) is 6.01. The zero-order valence-electron chi connectivity index (χ0n) is 5.60. The van der Waals surface area contributed by atoms with E-state index in [0.29, 0.717) is 12.3 Å². The first-order chi connectivity index (χ1) is 3.70. The van der Waals surface area contributed by atoms with Gasteiger partial charge >= 0.3 is 0 Å². The van der Waals surface area contributed by atoms with E-state index >= 15 is 0 Å². The van der Waals surface area contributed by atoms with Gasteiger partial charge in [0.2, 0.25) is 0 Å². The van der Waals surface area contributed by atoms with Crippen molar-refractivity contribution in [2.75, 3.05) is 7.05 Å². The maximum Gasteiger partial charge on any atom is 0.0713 e. The van der Waals surface area contributed by atoms with Gasteiger partial charge in [-0.15, -0.1) is 0 Å². The largest absolute Gasteiger partial charge is 0.285 e. The van der Waals surface area contributed by atoms with Crippen molar-refractivity contribution in [3.8, 4) is 0 Å². The molecule has 0 saturated carbocycles. The lowest BCUT2D eigenvalue weighted by molar-refractivity contribution is 0.237. The van der Waals surface area contributed by atoms with E-state index in [4.69, 9.17) is 0 Å². The summed E-state index contributed by atoms with van der Waals surface area (Å²) in [6, 6.07) is 0. The van der Waals surface area contributed by atoms with Crippen LogP contribution in [0.5, 0.6) is 0 Å². The Morgan fingerprint density at radius 1 is 1.38 bits per heavy atom. The molecular formula is C5H13N3. The van der Waals surface area contributed by atoms with Crippen molar-refractivity contribution in [1.82, 2.24) is 15.8 Å². The molecule has 8 heavy (non-hydrogen) atoms. The summed E-state index contributed by atoms with van der Waals surface area (Å²) in [5.41, 5.74) is 3.19. The lowest BCUT2D eigenvalue weighted by atomic mass is 10.5. The number of nitrogens with one attached hydrogen (secondary N) is 2. The highest BCUT2D eigenvalue weighted by Crippen LogP contribution is 1.96. The molecule has 0 aromatic carbocycles. The molecule has 1 fully saturated rings. The van der Waals surface area contributed by atoms with Gasteiger partial charge in [0.1, 0.15) is 0 Å². The molecule has 2 N–H and O–H groups in total. The lowest BCUT2D eigenvalue weighted by Crippen LogP contribution is -2.33. The third-order valence-corrected chi connectivity index (χ3v) is 1.47. The molecule has 0 amide bonds.